The molecule has 0 bridgehead atoms. The number of nitrogens with one attached hydrogen (secondary N) is 3. The van der Waals surface area contributed by atoms with Crippen molar-refractivity contribution < 1.29 is 19.1 Å². The summed E-state index contributed by atoms with van der Waals surface area (Å²) in [7, 11) is 0. The van der Waals surface area contributed by atoms with Crippen LogP contribution in [0.2, 0.25) is 5.02 Å². The van der Waals surface area contributed by atoms with Crippen molar-refractivity contribution in [3.8, 4) is 0 Å². The number of hydrogen-bond donors (Lipinski definition) is 4. The van der Waals surface area contributed by atoms with Gasteiger partial charge in [0.25, 0.3) is 0 Å². The molecule has 1 saturated heterocycles. The zero-order valence-corrected chi connectivity index (χ0v) is 23.5. The Labute approximate surface area is 233 Å². The number of anilines is 1. The first kappa shape index (κ1) is 27.6. The fraction of sp³-hybridized carbons (Fsp3) is 0.586. The quantitative estimate of drug-likeness (QED) is 0.406. The highest BCUT2D eigenvalue weighted by molar-refractivity contribution is 6.31. The van der Waals surface area contributed by atoms with Crippen molar-refractivity contribution in [2.75, 3.05) is 5.32 Å². The number of benzene rings is 1. The molecule has 2 aliphatic carbocycles. The smallest absolute Gasteiger partial charge is 0.237 e. The van der Waals surface area contributed by atoms with Crippen molar-refractivity contribution in [2.45, 2.75) is 88.9 Å². The number of halogens is 3. The summed E-state index contributed by atoms with van der Waals surface area (Å²) in [4.78, 5) is 28.1. The number of fused-ring (bicyclic) bond motifs is 2. The Bertz CT molecular complexity index is 1190. The van der Waals surface area contributed by atoms with Crippen LogP contribution in [0.15, 0.2) is 35.4 Å². The van der Waals surface area contributed by atoms with E-state index in [0.29, 0.717) is 54.8 Å². The summed E-state index contributed by atoms with van der Waals surface area (Å²) >= 11 is 12.6. The van der Waals surface area contributed by atoms with Crippen LogP contribution in [0.4, 0.5) is 10.1 Å². The molecule has 4 N–H and O–H groups in total. The number of carbonyl (C=O) groups excluding carboxylic acids is 2. The maximum atomic E-state index is 15.0. The van der Waals surface area contributed by atoms with E-state index < -0.39 is 29.2 Å². The van der Waals surface area contributed by atoms with Gasteiger partial charge in [-0.3, -0.25) is 9.59 Å². The van der Waals surface area contributed by atoms with Crippen molar-refractivity contribution >= 4 is 40.7 Å². The van der Waals surface area contributed by atoms with Gasteiger partial charge in [0.2, 0.25) is 11.8 Å². The summed E-state index contributed by atoms with van der Waals surface area (Å²) in [5, 5.41) is 20.3. The molecule has 2 aliphatic heterocycles. The number of carbonyl (C=O) groups is 2. The molecule has 5 atom stereocenters. The minimum Gasteiger partial charge on any atom is -0.393 e. The third-order valence-electron chi connectivity index (χ3n) is 8.61. The second-order valence-corrected chi connectivity index (χ2v) is 13.4. The van der Waals surface area contributed by atoms with Gasteiger partial charge in [-0.15, -0.1) is 0 Å². The number of amides is 2. The van der Waals surface area contributed by atoms with Crippen LogP contribution in [0, 0.1) is 23.1 Å². The van der Waals surface area contributed by atoms with Gasteiger partial charge in [0.1, 0.15) is 5.82 Å². The number of hydrogen-bond acceptors (Lipinski definition) is 4. The third-order valence-corrected chi connectivity index (χ3v) is 9.18. The van der Waals surface area contributed by atoms with Gasteiger partial charge in [0.15, 0.2) is 0 Å². The molecule has 2 amide bonds. The number of rotatable bonds is 4. The van der Waals surface area contributed by atoms with E-state index in [4.69, 9.17) is 23.2 Å². The van der Waals surface area contributed by atoms with Crippen molar-refractivity contribution in [2.24, 2.45) is 17.3 Å². The van der Waals surface area contributed by atoms with E-state index in [9.17, 15) is 19.1 Å². The third kappa shape index (κ3) is 4.91. The van der Waals surface area contributed by atoms with Gasteiger partial charge in [0.05, 0.1) is 22.6 Å². The van der Waals surface area contributed by atoms with E-state index in [2.05, 4.69) is 36.7 Å². The number of aliphatic hydroxyl groups excluding tert-OH is 1. The van der Waals surface area contributed by atoms with Crippen LogP contribution in [0.5, 0.6) is 0 Å². The van der Waals surface area contributed by atoms with Crippen molar-refractivity contribution in [3.05, 3.63) is 51.8 Å². The van der Waals surface area contributed by atoms with Gasteiger partial charge in [-0.2, -0.15) is 0 Å². The van der Waals surface area contributed by atoms with Gasteiger partial charge in [-0.05, 0) is 73.6 Å². The summed E-state index contributed by atoms with van der Waals surface area (Å²) in [6.07, 6.45) is 9.12. The second-order valence-electron chi connectivity index (χ2n) is 12.5. The first-order valence-corrected chi connectivity index (χ1v) is 14.2. The number of aliphatic hydroxyl groups is 1. The lowest BCUT2D eigenvalue weighted by molar-refractivity contribution is -0.126. The average Bonchev–Trinajstić information content (AvgIpc) is 3.30. The molecule has 6 nitrogen and oxygen atoms in total. The fourth-order valence-corrected chi connectivity index (χ4v) is 7.46. The summed E-state index contributed by atoms with van der Waals surface area (Å²) in [5.74, 6) is -1.78. The van der Waals surface area contributed by atoms with Crippen molar-refractivity contribution in [3.63, 3.8) is 0 Å². The molecule has 4 aliphatic rings. The maximum Gasteiger partial charge on any atom is 0.237 e. The molecule has 1 spiro atoms. The molecule has 1 unspecified atom stereocenters. The van der Waals surface area contributed by atoms with E-state index in [-0.39, 0.29) is 40.3 Å². The molecule has 38 heavy (non-hydrogen) atoms. The van der Waals surface area contributed by atoms with Crippen LogP contribution in [-0.4, -0.2) is 41.2 Å². The monoisotopic (exact) mass is 563 g/mol. The zero-order valence-electron chi connectivity index (χ0n) is 22.0. The van der Waals surface area contributed by atoms with E-state index >= 15 is 0 Å². The van der Waals surface area contributed by atoms with Crippen molar-refractivity contribution in [1.82, 2.24) is 10.6 Å². The van der Waals surface area contributed by atoms with Crippen molar-refractivity contribution in [1.29, 1.82) is 0 Å². The summed E-state index contributed by atoms with van der Waals surface area (Å²) in [6.45, 7) is 6.28. The first-order valence-electron chi connectivity index (χ1n) is 13.5. The second kappa shape index (κ2) is 10.2. The van der Waals surface area contributed by atoms with Crippen LogP contribution in [-0.2, 0) is 15.0 Å². The van der Waals surface area contributed by atoms with Gasteiger partial charge in [-0.25, -0.2) is 4.39 Å². The van der Waals surface area contributed by atoms with Gasteiger partial charge in [0, 0.05) is 28.7 Å². The Morgan fingerprint density at radius 1 is 1.21 bits per heavy atom. The Balaban J connectivity index is 1.62. The predicted molar refractivity (Wildman–Crippen MR) is 148 cm³/mol. The Morgan fingerprint density at radius 2 is 1.92 bits per heavy atom. The van der Waals surface area contributed by atoms with E-state index in [1.807, 2.05) is 18.2 Å². The predicted octanol–water partition coefficient (Wildman–Crippen LogP) is 5.18. The van der Waals surface area contributed by atoms with Gasteiger partial charge in [-0.1, -0.05) is 56.1 Å². The normalized spacial score (nSPS) is 34.7. The first-order chi connectivity index (χ1) is 17.9. The van der Waals surface area contributed by atoms with Gasteiger partial charge >= 0.3 is 0 Å². The maximum absolute atomic E-state index is 15.0. The zero-order chi connectivity index (χ0) is 27.4. The molecule has 2 fully saturated rings. The van der Waals surface area contributed by atoms with E-state index in [0.717, 1.165) is 0 Å². The molecule has 0 aromatic heterocycles. The molecule has 1 saturated carbocycles. The largest absolute Gasteiger partial charge is 0.393 e. The van der Waals surface area contributed by atoms with E-state index in [1.54, 1.807) is 0 Å². The minimum atomic E-state index is -1.21. The highest BCUT2D eigenvalue weighted by Crippen LogP contribution is 2.56. The molecule has 0 radical (unpaired) electrons. The molecule has 1 aromatic rings. The molecule has 2 heterocycles. The van der Waals surface area contributed by atoms with Crippen LogP contribution < -0.4 is 16.0 Å². The SMILES string of the molecule is CC(C)(C)C[C@H]1N[C@@H](C(=O)NC2CCC(O)CC2)[C@H](C2C=CC=C(Cl)C2)[C@@]12C(=O)Nc1cc(Cl)c(F)cc12. The standard InChI is InChI=1S/C29H36Cl2FN3O3/c1-28(2,3)14-23-29(19-12-21(32)20(31)13-22(19)34-27(29)38)24(15-5-4-6-16(30)11-15)25(35-23)26(37)33-17-7-9-18(36)10-8-17/h4-6,12-13,15,17-18,23-25,35-36H,7-11,14H2,1-3H3,(H,33,37)(H,34,38)/t15?,17?,18?,23-,24+,25-,29+/m1/s1. The summed E-state index contributed by atoms with van der Waals surface area (Å²) in [5.41, 5.74) is -0.377. The van der Waals surface area contributed by atoms with Crippen LogP contribution in [0.3, 0.4) is 0 Å². The van der Waals surface area contributed by atoms with Crippen LogP contribution in [0.25, 0.3) is 0 Å². The van der Waals surface area contributed by atoms with Crippen LogP contribution >= 0.6 is 23.2 Å². The summed E-state index contributed by atoms with van der Waals surface area (Å²) < 4.78 is 15.0. The Kier molecular flexibility index (Phi) is 7.44. The van der Waals surface area contributed by atoms with E-state index in [1.165, 1.54) is 12.1 Å². The molecular formula is C29H36Cl2FN3O3. The molecule has 206 valence electrons. The fourth-order valence-electron chi connectivity index (χ4n) is 7.04. The van der Waals surface area contributed by atoms with Crippen LogP contribution in [0.1, 0.15) is 64.9 Å². The topological polar surface area (TPSA) is 90.5 Å². The molecular weight excluding hydrogens is 528 g/mol. The minimum absolute atomic E-state index is 0.0442. The Hall–Kier alpha value is -1.93. The summed E-state index contributed by atoms with van der Waals surface area (Å²) in [6, 6.07) is 1.65. The Morgan fingerprint density at radius 3 is 2.58 bits per heavy atom. The lowest BCUT2D eigenvalue weighted by Crippen LogP contribution is -2.53. The lowest BCUT2D eigenvalue weighted by atomic mass is 9.60. The molecule has 1 aromatic carbocycles. The lowest BCUT2D eigenvalue weighted by Gasteiger charge is -2.40. The average molecular weight is 565 g/mol. The van der Waals surface area contributed by atoms with Gasteiger partial charge < -0.3 is 21.1 Å². The molecule has 9 heteroatoms. The highest BCUT2D eigenvalue weighted by Gasteiger charge is 2.66. The number of allylic oxidation sites excluding steroid dienone is 4. The highest BCUT2D eigenvalue weighted by atomic mass is 35.5. The molecule has 5 rings (SSSR count).